The maximum Gasteiger partial charge on any atom is 0.264 e. The molecule has 0 amide bonds. The van der Waals surface area contributed by atoms with Crippen LogP contribution < -0.4 is 5.73 Å². The summed E-state index contributed by atoms with van der Waals surface area (Å²) >= 11 is 5.72. The molecule has 1 rings (SSSR count). The smallest absolute Gasteiger partial charge is 0.264 e. The molecule has 0 heterocycles. The Hall–Kier alpha value is -0.670. The van der Waals surface area contributed by atoms with E-state index in [0.29, 0.717) is 30.0 Å². The molecule has 0 saturated carbocycles. The topological polar surface area (TPSA) is 26.0 Å². The second kappa shape index (κ2) is 5.27. The molecule has 14 heavy (non-hydrogen) atoms. The van der Waals surface area contributed by atoms with Crippen LogP contribution in [-0.4, -0.2) is 6.54 Å². The zero-order valence-corrected chi connectivity index (χ0v) is 8.40. The lowest BCUT2D eigenvalue weighted by molar-refractivity contribution is 0.150. The Morgan fingerprint density at radius 1 is 1.36 bits per heavy atom. The minimum absolute atomic E-state index is 0.0582. The van der Waals surface area contributed by atoms with Gasteiger partial charge in [-0.25, -0.2) is 8.78 Å². The van der Waals surface area contributed by atoms with Crippen molar-refractivity contribution in [2.45, 2.75) is 19.3 Å². The first kappa shape index (κ1) is 11.4. The molecule has 0 aliphatic carbocycles. The third-order valence-electron chi connectivity index (χ3n) is 1.99. The number of nitrogens with two attached hydrogens (primary N) is 1. The van der Waals surface area contributed by atoms with Gasteiger partial charge < -0.3 is 5.73 Å². The molecule has 0 spiro atoms. The van der Waals surface area contributed by atoms with Crippen LogP contribution in [-0.2, 0) is 6.42 Å². The van der Waals surface area contributed by atoms with E-state index < -0.39 is 6.43 Å². The number of hydrogen-bond acceptors (Lipinski definition) is 1. The van der Waals surface area contributed by atoms with Crippen molar-refractivity contribution in [2.24, 2.45) is 5.73 Å². The molecule has 0 atom stereocenters. The molecule has 0 saturated heterocycles. The van der Waals surface area contributed by atoms with E-state index in [1.165, 1.54) is 12.1 Å². The van der Waals surface area contributed by atoms with Gasteiger partial charge in [-0.15, -0.1) is 0 Å². The molecule has 0 unspecified atom stereocenters. The summed E-state index contributed by atoms with van der Waals surface area (Å²) in [6.45, 7) is 0.495. The van der Waals surface area contributed by atoms with Crippen molar-refractivity contribution in [3.8, 4) is 0 Å². The van der Waals surface area contributed by atoms with Crippen molar-refractivity contribution in [2.75, 3.05) is 6.54 Å². The van der Waals surface area contributed by atoms with Gasteiger partial charge in [0.1, 0.15) is 0 Å². The molecule has 0 aromatic heterocycles. The highest BCUT2D eigenvalue weighted by Crippen LogP contribution is 2.26. The molecule has 1 nitrogen and oxygen atoms in total. The molecule has 1 aromatic carbocycles. The second-order valence-corrected chi connectivity index (χ2v) is 3.47. The molecule has 1 aromatic rings. The van der Waals surface area contributed by atoms with Gasteiger partial charge in [-0.3, -0.25) is 0 Å². The Morgan fingerprint density at radius 3 is 2.64 bits per heavy atom. The Kier molecular flexibility index (Phi) is 4.29. The number of alkyl halides is 2. The summed E-state index contributed by atoms with van der Waals surface area (Å²) < 4.78 is 25.0. The molecular weight excluding hydrogens is 208 g/mol. The van der Waals surface area contributed by atoms with Crippen LogP contribution in [0.5, 0.6) is 0 Å². The molecule has 0 bridgehead atoms. The highest BCUT2D eigenvalue weighted by molar-refractivity contribution is 6.30. The largest absolute Gasteiger partial charge is 0.330 e. The maximum atomic E-state index is 12.5. The molecule has 2 N–H and O–H groups in total. The minimum Gasteiger partial charge on any atom is -0.330 e. The molecule has 4 heteroatoms. The lowest BCUT2D eigenvalue weighted by Gasteiger charge is -2.08. The van der Waals surface area contributed by atoms with Crippen molar-refractivity contribution in [1.29, 1.82) is 0 Å². The van der Waals surface area contributed by atoms with Crippen LogP contribution in [0.15, 0.2) is 18.2 Å². The van der Waals surface area contributed by atoms with Crippen molar-refractivity contribution in [3.63, 3.8) is 0 Å². The van der Waals surface area contributed by atoms with Crippen molar-refractivity contribution in [3.05, 3.63) is 34.3 Å². The highest BCUT2D eigenvalue weighted by atomic mass is 35.5. The number of aryl methyl sites for hydroxylation is 1. The summed E-state index contributed by atoms with van der Waals surface area (Å²) in [5.74, 6) is 0. The Bertz CT molecular complexity index is 302. The molecule has 0 radical (unpaired) electrons. The third kappa shape index (κ3) is 2.93. The van der Waals surface area contributed by atoms with Gasteiger partial charge in [0, 0.05) is 10.6 Å². The normalized spacial score (nSPS) is 10.9. The molecule has 0 fully saturated rings. The van der Waals surface area contributed by atoms with Crippen LogP contribution in [0.25, 0.3) is 0 Å². The number of halogens is 3. The van der Waals surface area contributed by atoms with Crippen LogP contribution >= 0.6 is 11.6 Å². The van der Waals surface area contributed by atoms with Gasteiger partial charge in [-0.05, 0) is 37.1 Å². The molecule has 0 aliphatic rings. The van der Waals surface area contributed by atoms with Crippen LogP contribution in [0, 0.1) is 0 Å². The molecule has 0 aliphatic heterocycles. The lowest BCUT2D eigenvalue weighted by Crippen LogP contribution is -2.02. The number of rotatable bonds is 4. The summed E-state index contributed by atoms with van der Waals surface area (Å²) in [4.78, 5) is 0. The van der Waals surface area contributed by atoms with E-state index in [4.69, 9.17) is 17.3 Å². The Balaban J connectivity index is 2.91. The first-order valence-corrected chi connectivity index (χ1v) is 4.79. The molecule has 78 valence electrons. The second-order valence-electron chi connectivity index (χ2n) is 3.04. The van der Waals surface area contributed by atoms with Gasteiger partial charge >= 0.3 is 0 Å². The summed E-state index contributed by atoms with van der Waals surface area (Å²) in [5, 5.41) is 0.487. The fourth-order valence-corrected chi connectivity index (χ4v) is 1.49. The van der Waals surface area contributed by atoms with Gasteiger partial charge in [-0.1, -0.05) is 17.7 Å². The van der Waals surface area contributed by atoms with Gasteiger partial charge in [0.05, 0.1) is 0 Å². The van der Waals surface area contributed by atoms with E-state index in [1.807, 2.05) is 0 Å². The zero-order chi connectivity index (χ0) is 10.6. The first-order valence-electron chi connectivity index (χ1n) is 4.41. The third-order valence-corrected chi connectivity index (χ3v) is 2.23. The summed E-state index contributed by atoms with van der Waals surface area (Å²) in [5.41, 5.74) is 5.97. The van der Waals surface area contributed by atoms with Crippen molar-refractivity contribution in [1.82, 2.24) is 0 Å². The summed E-state index contributed by atoms with van der Waals surface area (Å²) in [7, 11) is 0. The van der Waals surface area contributed by atoms with Crippen molar-refractivity contribution < 1.29 is 8.78 Å². The van der Waals surface area contributed by atoms with Crippen LogP contribution in [0.4, 0.5) is 8.78 Å². The van der Waals surface area contributed by atoms with Gasteiger partial charge in [-0.2, -0.15) is 0 Å². The van der Waals surface area contributed by atoms with Gasteiger partial charge in [0.25, 0.3) is 6.43 Å². The van der Waals surface area contributed by atoms with E-state index in [0.717, 1.165) is 0 Å². The minimum atomic E-state index is -2.44. The van der Waals surface area contributed by atoms with Gasteiger partial charge in [0.2, 0.25) is 0 Å². The summed E-state index contributed by atoms with van der Waals surface area (Å²) in [6, 6.07) is 4.44. The van der Waals surface area contributed by atoms with Crippen LogP contribution in [0.3, 0.4) is 0 Å². The van der Waals surface area contributed by atoms with Crippen LogP contribution in [0.2, 0.25) is 5.02 Å². The average Bonchev–Trinajstić information content (AvgIpc) is 2.14. The first-order chi connectivity index (χ1) is 6.65. The van der Waals surface area contributed by atoms with Crippen LogP contribution in [0.1, 0.15) is 24.0 Å². The van der Waals surface area contributed by atoms with Gasteiger partial charge in [0.15, 0.2) is 0 Å². The SMILES string of the molecule is NCCCc1cc(Cl)ccc1C(F)F. The quantitative estimate of drug-likeness (QED) is 0.827. The number of hydrogen-bond donors (Lipinski definition) is 1. The fraction of sp³-hybridized carbons (Fsp3) is 0.400. The highest BCUT2D eigenvalue weighted by Gasteiger charge is 2.12. The van der Waals surface area contributed by atoms with E-state index in [2.05, 4.69) is 0 Å². The fourth-order valence-electron chi connectivity index (χ4n) is 1.30. The Labute approximate surface area is 86.9 Å². The molecular formula is C10H12ClF2N. The van der Waals surface area contributed by atoms with E-state index in [1.54, 1.807) is 6.07 Å². The standard InChI is InChI=1S/C10H12ClF2N/c11-8-3-4-9(10(12)13)7(6-8)2-1-5-14/h3-4,6,10H,1-2,5,14H2. The monoisotopic (exact) mass is 219 g/mol. The van der Waals surface area contributed by atoms with E-state index in [-0.39, 0.29) is 5.56 Å². The average molecular weight is 220 g/mol. The summed E-state index contributed by atoms with van der Waals surface area (Å²) in [6.07, 6.45) is -1.20. The zero-order valence-electron chi connectivity index (χ0n) is 7.64. The Morgan fingerprint density at radius 2 is 2.07 bits per heavy atom. The van der Waals surface area contributed by atoms with E-state index in [9.17, 15) is 8.78 Å². The predicted molar refractivity (Wildman–Crippen MR) is 53.8 cm³/mol. The maximum absolute atomic E-state index is 12.5. The predicted octanol–water partition coefficient (Wildman–Crippen LogP) is 3.17. The van der Waals surface area contributed by atoms with E-state index >= 15 is 0 Å². The lowest BCUT2D eigenvalue weighted by atomic mass is 10.0. The number of benzene rings is 1. The van der Waals surface area contributed by atoms with Crippen molar-refractivity contribution >= 4 is 11.6 Å².